The van der Waals surface area contributed by atoms with Crippen molar-refractivity contribution in [3.05, 3.63) is 65.2 Å². The van der Waals surface area contributed by atoms with Crippen LogP contribution < -0.4 is 15.4 Å². The number of aliphatic imine (C=N–C) groups is 1. The summed E-state index contributed by atoms with van der Waals surface area (Å²) in [5.74, 6) is 1.46. The summed E-state index contributed by atoms with van der Waals surface area (Å²) in [7, 11) is 1.63. The van der Waals surface area contributed by atoms with Crippen LogP contribution in [-0.4, -0.2) is 62.5 Å². The molecule has 3 rings (SSSR count). The van der Waals surface area contributed by atoms with Gasteiger partial charge in [-0.15, -0.1) is 0 Å². The largest absolute Gasteiger partial charge is 0.497 e. The van der Waals surface area contributed by atoms with Gasteiger partial charge in [0.05, 0.1) is 33.0 Å². The van der Waals surface area contributed by atoms with Gasteiger partial charge in [-0.2, -0.15) is 0 Å². The molecule has 1 atom stereocenters. The number of morpholine rings is 1. The molecule has 2 aromatic carbocycles. The molecule has 2 aromatic rings. The number of rotatable bonds is 9. The zero-order valence-corrected chi connectivity index (χ0v) is 18.5. The van der Waals surface area contributed by atoms with Crippen molar-refractivity contribution in [2.24, 2.45) is 4.99 Å². The lowest BCUT2D eigenvalue weighted by Crippen LogP contribution is -2.39. The van der Waals surface area contributed by atoms with Crippen LogP contribution in [0.4, 0.5) is 0 Å². The number of aliphatic hydroxyl groups is 1. The van der Waals surface area contributed by atoms with Crippen LogP contribution in [0.1, 0.15) is 29.7 Å². The lowest BCUT2D eigenvalue weighted by atomic mass is 10.1. The van der Waals surface area contributed by atoms with E-state index in [1.54, 1.807) is 7.11 Å². The van der Waals surface area contributed by atoms with Gasteiger partial charge >= 0.3 is 0 Å². The molecule has 0 radical (unpaired) electrons. The summed E-state index contributed by atoms with van der Waals surface area (Å²) in [5, 5.41) is 17.0. The number of aliphatic hydroxyl groups excluding tert-OH is 1. The molecule has 1 saturated heterocycles. The monoisotopic (exact) mass is 426 g/mol. The predicted octanol–water partition coefficient (Wildman–Crippen LogP) is 2.32. The first-order valence-corrected chi connectivity index (χ1v) is 10.9. The van der Waals surface area contributed by atoms with Crippen molar-refractivity contribution in [2.45, 2.75) is 26.1 Å². The second-order valence-corrected chi connectivity index (χ2v) is 7.52. The third-order valence-electron chi connectivity index (χ3n) is 5.33. The topological polar surface area (TPSA) is 78.4 Å². The van der Waals surface area contributed by atoms with Gasteiger partial charge in [0.25, 0.3) is 0 Å². The van der Waals surface area contributed by atoms with Crippen LogP contribution in [0.5, 0.6) is 5.75 Å². The molecule has 3 N–H and O–H groups in total. The molecular formula is C24H34N4O3. The van der Waals surface area contributed by atoms with Crippen molar-refractivity contribution in [3.63, 3.8) is 0 Å². The van der Waals surface area contributed by atoms with E-state index in [2.05, 4.69) is 39.8 Å². The highest BCUT2D eigenvalue weighted by atomic mass is 16.5. The first-order valence-electron chi connectivity index (χ1n) is 10.9. The van der Waals surface area contributed by atoms with Crippen molar-refractivity contribution in [2.75, 3.05) is 46.5 Å². The summed E-state index contributed by atoms with van der Waals surface area (Å²) in [6.07, 6.45) is -0.636. The van der Waals surface area contributed by atoms with E-state index in [0.29, 0.717) is 19.0 Å². The second kappa shape index (κ2) is 12.3. The van der Waals surface area contributed by atoms with Crippen LogP contribution in [0.25, 0.3) is 0 Å². The van der Waals surface area contributed by atoms with Crippen LogP contribution in [0.3, 0.4) is 0 Å². The molecule has 1 heterocycles. The van der Waals surface area contributed by atoms with E-state index in [1.165, 1.54) is 11.1 Å². The minimum Gasteiger partial charge on any atom is -0.497 e. The van der Waals surface area contributed by atoms with E-state index in [9.17, 15) is 5.11 Å². The Morgan fingerprint density at radius 1 is 1.10 bits per heavy atom. The molecule has 1 aliphatic heterocycles. The first kappa shape index (κ1) is 23.1. The van der Waals surface area contributed by atoms with E-state index >= 15 is 0 Å². The molecule has 168 valence electrons. The Balaban J connectivity index is 1.60. The van der Waals surface area contributed by atoms with Gasteiger partial charge in [-0.3, -0.25) is 4.90 Å². The van der Waals surface area contributed by atoms with Crippen molar-refractivity contribution in [3.8, 4) is 5.75 Å². The molecule has 1 aliphatic rings. The minimum atomic E-state index is -0.636. The summed E-state index contributed by atoms with van der Waals surface area (Å²) in [4.78, 5) is 7.17. The van der Waals surface area contributed by atoms with E-state index in [4.69, 9.17) is 14.5 Å². The number of hydrogen-bond acceptors (Lipinski definition) is 5. The number of hydrogen-bond donors (Lipinski definition) is 3. The zero-order valence-electron chi connectivity index (χ0n) is 18.5. The molecule has 0 amide bonds. The molecule has 1 unspecified atom stereocenters. The average Bonchev–Trinajstić information content (AvgIpc) is 2.82. The number of guanidine groups is 1. The van der Waals surface area contributed by atoms with Crippen LogP contribution in [-0.2, 0) is 17.8 Å². The molecule has 0 saturated carbocycles. The van der Waals surface area contributed by atoms with Gasteiger partial charge in [0.2, 0.25) is 0 Å². The average molecular weight is 427 g/mol. The van der Waals surface area contributed by atoms with Gasteiger partial charge < -0.3 is 25.2 Å². The fourth-order valence-corrected chi connectivity index (χ4v) is 3.51. The summed E-state index contributed by atoms with van der Waals surface area (Å²) in [5.41, 5.74) is 3.34. The van der Waals surface area contributed by atoms with E-state index in [-0.39, 0.29) is 0 Å². The maximum atomic E-state index is 10.5. The highest BCUT2D eigenvalue weighted by Crippen LogP contribution is 2.17. The summed E-state index contributed by atoms with van der Waals surface area (Å²) >= 11 is 0. The Morgan fingerprint density at radius 2 is 1.81 bits per heavy atom. The van der Waals surface area contributed by atoms with Crippen molar-refractivity contribution in [1.29, 1.82) is 0 Å². The van der Waals surface area contributed by atoms with Crippen LogP contribution in [0.2, 0.25) is 0 Å². The molecule has 7 nitrogen and oxygen atoms in total. The quantitative estimate of drug-likeness (QED) is 0.422. The maximum Gasteiger partial charge on any atom is 0.191 e. The lowest BCUT2D eigenvalue weighted by molar-refractivity contribution is 0.0341. The Hall–Kier alpha value is -2.61. The van der Waals surface area contributed by atoms with E-state index in [1.807, 2.05) is 31.2 Å². The number of benzene rings is 2. The maximum absolute atomic E-state index is 10.5. The minimum absolute atomic E-state index is 0.369. The Bertz CT molecular complexity index is 820. The Morgan fingerprint density at radius 3 is 2.48 bits per heavy atom. The SMILES string of the molecule is CCNC(=NCc1ccccc1CN1CCOCC1)NCC(O)c1ccc(OC)cc1. The number of nitrogens with zero attached hydrogens (tertiary/aromatic N) is 2. The van der Waals surface area contributed by atoms with Crippen LogP contribution in [0, 0.1) is 0 Å². The third-order valence-corrected chi connectivity index (χ3v) is 5.33. The van der Waals surface area contributed by atoms with E-state index in [0.717, 1.165) is 50.7 Å². The summed E-state index contributed by atoms with van der Waals surface area (Å²) in [6.45, 7) is 8.16. The zero-order chi connectivity index (χ0) is 21.9. The fourth-order valence-electron chi connectivity index (χ4n) is 3.51. The summed E-state index contributed by atoms with van der Waals surface area (Å²) in [6, 6.07) is 15.9. The fraction of sp³-hybridized carbons (Fsp3) is 0.458. The molecule has 0 aliphatic carbocycles. The second-order valence-electron chi connectivity index (χ2n) is 7.52. The Kier molecular flexibility index (Phi) is 9.15. The molecular weight excluding hydrogens is 392 g/mol. The predicted molar refractivity (Wildman–Crippen MR) is 123 cm³/mol. The van der Waals surface area contributed by atoms with Crippen molar-refractivity contribution >= 4 is 5.96 Å². The lowest BCUT2D eigenvalue weighted by Gasteiger charge is -2.27. The number of ether oxygens (including phenoxy) is 2. The molecule has 31 heavy (non-hydrogen) atoms. The molecule has 1 fully saturated rings. The number of methoxy groups -OCH3 is 1. The molecule has 0 aromatic heterocycles. The van der Waals surface area contributed by atoms with Crippen LogP contribution >= 0.6 is 0 Å². The molecule has 0 bridgehead atoms. The normalized spacial score (nSPS) is 16.0. The van der Waals surface area contributed by atoms with Gasteiger partial charge in [0.15, 0.2) is 5.96 Å². The molecule has 0 spiro atoms. The third kappa shape index (κ3) is 7.24. The van der Waals surface area contributed by atoms with Gasteiger partial charge in [-0.1, -0.05) is 36.4 Å². The van der Waals surface area contributed by atoms with Gasteiger partial charge in [-0.25, -0.2) is 4.99 Å². The first-order chi connectivity index (χ1) is 15.2. The highest BCUT2D eigenvalue weighted by molar-refractivity contribution is 5.79. The van der Waals surface area contributed by atoms with Crippen molar-refractivity contribution in [1.82, 2.24) is 15.5 Å². The molecule has 7 heteroatoms. The van der Waals surface area contributed by atoms with Crippen LogP contribution in [0.15, 0.2) is 53.5 Å². The highest BCUT2D eigenvalue weighted by Gasteiger charge is 2.13. The van der Waals surface area contributed by atoms with Gasteiger partial charge in [0.1, 0.15) is 5.75 Å². The number of nitrogens with one attached hydrogen (secondary N) is 2. The van der Waals surface area contributed by atoms with Gasteiger partial charge in [-0.05, 0) is 35.7 Å². The van der Waals surface area contributed by atoms with Crippen molar-refractivity contribution < 1.29 is 14.6 Å². The smallest absolute Gasteiger partial charge is 0.191 e. The summed E-state index contributed by atoms with van der Waals surface area (Å²) < 4.78 is 10.6. The standard InChI is InChI=1S/C24H34N4O3/c1-3-25-24(27-17-23(29)19-8-10-22(30-2)11-9-19)26-16-20-6-4-5-7-21(20)18-28-12-14-31-15-13-28/h4-11,23,29H,3,12-18H2,1-2H3,(H2,25,26,27). The Labute approximate surface area is 185 Å². The van der Waals surface area contributed by atoms with Gasteiger partial charge in [0, 0.05) is 32.7 Å². The van der Waals surface area contributed by atoms with E-state index < -0.39 is 6.10 Å².